The summed E-state index contributed by atoms with van der Waals surface area (Å²) in [7, 11) is 3.44. The van der Waals surface area contributed by atoms with Crippen molar-refractivity contribution in [3.05, 3.63) is 0 Å². The van der Waals surface area contributed by atoms with Gasteiger partial charge in [0.05, 0.1) is 0 Å². The average Bonchev–Trinajstić information content (AvgIpc) is 2.00. The van der Waals surface area contributed by atoms with E-state index in [4.69, 9.17) is 0 Å². The summed E-state index contributed by atoms with van der Waals surface area (Å²) in [5.41, 5.74) is 0. The molecule has 4 nitrogen and oxygen atoms in total. The smallest absolute Gasteiger partial charge is 0.550 e. The number of nitrogens with zero attached hydrogens (tertiary/aromatic N) is 1. The van der Waals surface area contributed by atoms with E-state index in [2.05, 4.69) is 0 Å². The van der Waals surface area contributed by atoms with Crippen molar-refractivity contribution in [1.82, 2.24) is 4.90 Å². The monoisotopic (exact) mass is 299 g/mol. The number of amides is 1. The number of carboxylic acid groups (broad SMARTS) is 1. The van der Waals surface area contributed by atoms with Gasteiger partial charge in [-0.05, 0) is 24.7 Å². The summed E-state index contributed by atoms with van der Waals surface area (Å²) in [6.45, 7) is 3.83. The maximum atomic E-state index is 11.4. The molecule has 88 valence electrons. The summed E-state index contributed by atoms with van der Waals surface area (Å²) >= 11 is 0. The van der Waals surface area contributed by atoms with Crippen molar-refractivity contribution in [1.29, 1.82) is 0 Å². The molecule has 0 aromatic rings. The maximum absolute atomic E-state index is 11.4. The molecule has 1 amide bonds. The second kappa shape index (κ2) is 9.74. The Hall–Kier alpha value is 0.745. The number of hydrogen-bond acceptors (Lipinski definition) is 3. The van der Waals surface area contributed by atoms with Gasteiger partial charge in [0, 0.05) is 26.5 Å². The predicted octanol–water partition coefficient (Wildman–Crippen LogP) is -2.73. The summed E-state index contributed by atoms with van der Waals surface area (Å²) in [5, 5.41) is 10.3. The van der Waals surface area contributed by atoms with Crippen molar-refractivity contribution in [3.8, 4) is 0 Å². The van der Waals surface area contributed by atoms with E-state index in [9.17, 15) is 14.7 Å². The molecule has 0 aliphatic rings. The number of carboxylic acids is 1. The summed E-state index contributed by atoms with van der Waals surface area (Å²) in [6, 6.07) is 0. The van der Waals surface area contributed by atoms with Crippen LogP contribution in [0.2, 0.25) is 0 Å². The molecule has 0 aromatic heterocycles. The topological polar surface area (TPSA) is 60.4 Å². The first-order valence-electron chi connectivity index (χ1n) is 5.23. The minimum atomic E-state index is -1.02. The number of hydrogen-bond donors (Lipinski definition) is 0. The van der Waals surface area contributed by atoms with Crippen LogP contribution in [0.25, 0.3) is 0 Å². The van der Waals surface area contributed by atoms with Gasteiger partial charge in [0.25, 0.3) is 0 Å². The van der Waals surface area contributed by atoms with Gasteiger partial charge in [0.1, 0.15) is 0 Å². The Bertz CT molecular complexity index is 231. The van der Waals surface area contributed by atoms with E-state index in [0.717, 1.165) is 6.42 Å². The summed E-state index contributed by atoms with van der Waals surface area (Å²) in [4.78, 5) is 23.2. The molecule has 0 heterocycles. The number of rotatable bonds is 6. The van der Waals surface area contributed by atoms with Gasteiger partial charge >= 0.3 is 58.2 Å². The van der Waals surface area contributed by atoms with Crippen molar-refractivity contribution in [2.75, 3.05) is 14.1 Å². The van der Waals surface area contributed by atoms with Gasteiger partial charge in [-0.2, -0.15) is 0 Å². The van der Waals surface area contributed by atoms with E-state index in [-0.39, 0.29) is 82.4 Å². The molecule has 2 atom stereocenters. The van der Waals surface area contributed by atoms with Crippen LogP contribution < -0.4 is 63.3 Å². The second-order valence-corrected chi connectivity index (χ2v) is 4.51. The molecule has 0 saturated heterocycles. The van der Waals surface area contributed by atoms with E-state index in [1.165, 1.54) is 0 Å². The van der Waals surface area contributed by atoms with Gasteiger partial charge in [0.15, 0.2) is 0 Å². The first-order chi connectivity index (χ1) is 6.82. The van der Waals surface area contributed by atoms with E-state index in [1.807, 2.05) is 13.8 Å². The number of aliphatic carboxylic acids is 1. The Morgan fingerprint density at radius 2 is 1.56 bits per heavy atom. The molecule has 0 bridgehead atoms. The number of carbonyl (C=O) groups is 2. The van der Waals surface area contributed by atoms with Gasteiger partial charge in [-0.1, -0.05) is 13.8 Å². The van der Waals surface area contributed by atoms with Crippen molar-refractivity contribution in [2.45, 2.75) is 33.1 Å². The second-order valence-electron chi connectivity index (χ2n) is 4.51. The normalized spacial score (nSPS) is 13.5. The fraction of sp³-hybridized carbons (Fsp3) is 0.818. The molecule has 0 aromatic carbocycles. The standard InChI is InChI=1S/C11H21NO3.Rb/c1-8(6-10(13)12(3)4)5-9(2)7-11(14)15;/h8-9H,5-7H2,1-4H3,(H,14,15);/q;+1/p-1/t8-,9+;/m0./s1. The third-order valence-corrected chi connectivity index (χ3v) is 2.34. The fourth-order valence-corrected chi connectivity index (χ4v) is 1.62. The molecular formula is C11H20NO3Rb. The third kappa shape index (κ3) is 9.94. The van der Waals surface area contributed by atoms with Crippen LogP contribution in [-0.2, 0) is 9.59 Å². The quantitative estimate of drug-likeness (QED) is 0.535. The fourth-order valence-electron chi connectivity index (χ4n) is 1.62. The maximum Gasteiger partial charge on any atom is 1.00 e. The molecule has 5 heteroatoms. The van der Waals surface area contributed by atoms with Gasteiger partial charge in [-0.15, -0.1) is 0 Å². The SMILES string of the molecule is C[C@H](CC(=O)N(C)C)C[C@@H](C)CC(=O)[O-].[Rb+]. The van der Waals surface area contributed by atoms with Crippen molar-refractivity contribution in [2.24, 2.45) is 11.8 Å². The molecule has 16 heavy (non-hydrogen) atoms. The molecule has 0 unspecified atom stereocenters. The van der Waals surface area contributed by atoms with Crippen LogP contribution in [0.3, 0.4) is 0 Å². The van der Waals surface area contributed by atoms with Gasteiger partial charge in [-0.25, -0.2) is 0 Å². The molecule has 0 aliphatic carbocycles. The van der Waals surface area contributed by atoms with Crippen LogP contribution in [0, 0.1) is 11.8 Å². The van der Waals surface area contributed by atoms with Crippen LogP contribution in [0.1, 0.15) is 33.1 Å². The van der Waals surface area contributed by atoms with Crippen LogP contribution in [0.5, 0.6) is 0 Å². The molecule has 0 rings (SSSR count). The number of carbonyl (C=O) groups excluding carboxylic acids is 2. The van der Waals surface area contributed by atoms with E-state index in [1.54, 1.807) is 19.0 Å². The van der Waals surface area contributed by atoms with Gasteiger partial charge in [-0.3, -0.25) is 4.79 Å². The Morgan fingerprint density at radius 3 is 1.94 bits per heavy atom. The first kappa shape index (κ1) is 19.1. The average molecular weight is 300 g/mol. The van der Waals surface area contributed by atoms with Crippen LogP contribution in [0.4, 0.5) is 0 Å². The van der Waals surface area contributed by atoms with Gasteiger partial charge < -0.3 is 14.8 Å². The minimum Gasteiger partial charge on any atom is -0.550 e. The minimum absolute atomic E-state index is 0. The Labute approximate surface area is 147 Å². The van der Waals surface area contributed by atoms with Crippen LogP contribution in [-0.4, -0.2) is 30.9 Å². The molecule has 0 fully saturated rings. The molecule has 0 aliphatic heterocycles. The van der Waals surface area contributed by atoms with Gasteiger partial charge in [0.2, 0.25) is 5.91 Å². The molecule has 0 saturated carbocycles. The summed E-state index contributed by atoms with van der Waals surface area (Å²) in [6.07, 6.45) is 1.29. The van der Waals surface area contributed by atoms with Crippen molar-refractivity contribution >= 4 is 11.9 Å². The zero-order chi connectivity index (χ0) is 12.0. The zero-order valence-electron chi connectivity index (χ0n) is 10.9. The Balaban J connectivity index is 0. The Kier molecular flexibility index (Phi) is 11.6. The van der Waals surface area contributed by atoms with Crippen LogP contribution >= 0.6 is 0 Å². The van der Waals surface area contributed by atoms with E-state index < -0.39 is 5.97 Å². The largest absolute Gasteiger partial charge is 1.00 e. The van der Waals surface area contributed by atoms with Crippen molar-refractivity contribution in [3.63, 3.8) is 0 Å². The summed E-state index contributed by atoms with van der Waals surface area (Å²) < 4.78 is 0. The molecule has 0 N–H and O–H groups in total. The Morgan fingerprint density at radius 1 is 1.12 bits per heavy atom. The third-order valence-electron chi connectivity index (χ3n) is 2.34. The molecule has 0 spiro atoms. The van der Waals surface area contributed by atoms with Crippen LogP contribution in [0.15, 0.2) is 0 Å². The zero-order valence-corrected chi connectivity index (χ0v) is 15.9. The summed E-state index contributed by atoms with van der Waals surface area (Å²) in [5.74, 6) is -0.647. The van der Waals surface area contributed by atoms with E-state index in [0.29, 0.717) is 6.42 Å². The molecule has 0 radical (unpaired) electrons. The first-order valence-corrected chi connectivity index (χ1v) is 5.23. The molecular weight excluding hydrogens is 280 g/mol. The van der Waals surface area contributed by atoms with Crippen molar-refractivity contribution < 1.29 is 72.9 Å². The van der Waals surface area contributed by atoms with E-state index >= 15 is 0 Å². The predicted molar refractivity (Wildman–Crippen MR) is 55.9 cm³/mol.